The van der Waals surface area contributed by atoms with Gasteiger partial charge in [0.25, 0.3) is 11.8 Å². The van der Waals surface area contributed by atoms with Gasteiger partial charge in [0.1, 0.15) is 0 Å². The average Bonchev–Trinajstić information content (AvgIpc) is 3.51. The number of nitrogens with zero attached hydrogens (tertiary/aromatic N) is 2. The number of thiazole rings is 1. The summed E-state index contributed by atoms with van der Waals surface area (Å²) in [6.45, 7) is 6.25. The molecule has 9 heteroatoms. The Morgan fingerprint density at radius 1 is 1.09 bits per heavy atom. The Morgan fingerprint density at radius 3 is 2.65 bits per heavy atom. The summed E-state index contributed by atoms with van der Waals surface area (Å²) >= 11 is 3.25. The summed E-state index contributed by atoms with van der Waals surface area (Å²) in [5, 5.41) is 6.04. The van der Waals surface area contributed by atoms with Gasteiger partial charge in [-0.3, -0.25) is 9.59 Å². The van der Waals surface area contributed by atoms with Gasteiger partial charge in [-0.1, -0.05) is 0 Å². The maximum atomic E-state index is 12.8. The minimum atomic E-state index is -0.198. The molecule has 1 aliphatic rings. The van der Waals surface area contributed by atoms with Crippen LogP contribution < -0.4 is 14.8 Å². The zero-order valence-electron chi connectivity index (χ0n) is 19.5. The van der Waals surface area contributed by atoms with Crippen LogP contribution in [0, 0.1) is 6.92 Å². The fourth-order valence-corrected chi connectivity index (χ4v) is 5.36. The second-order valence-corrected chi connectivity index (χ2v) is 10.3. The first-order chi connectivity index (χ1) is 16.5. The normalized spacial score (nSPS) is 13.5. The molecule has 0 aliphatic carbocycles. The lowest BCUT2D eigenvalue weighted by Crippen LogP contribution is -2.38. The standard InChI is InChI=1S/C25H29N3O4S2/c1-3-31-22-13-18(7-9-21(22)32-15-24(29)28-11-5-4-6-12-28)25(30)26-14-19-8-10-23(34-19)20-16-33-17(2)27-20/h7-10,13,16H,3-6,11-12,14-15H2,1-2H3,(H,26,30). The first-order valence-electron chi connectivity index (χ1n) is 11.5. The van der Waals surface area contributed by atoms with E-state index >= 15 is 0 Å². The van der Waals surface area contributed by atoms with Crippen molar-refractivity contribution in [2.24, 2.45) is 0 Å². The number of aromatic nitrogens is 1. The molecular weight excluding hydrogens is 470 g/mol. The molecule has 7 nitrogen and oxygen atoms in total. The Bertz CT molecular complexity index is 1130. The van der Waals surface area contributed by atoms with Crippen LogP contribution in [0.5, 0.6) is 11.5 Å². The molecule has 34 heavy (non-hydrogen) atoms. The summed E-state index contributed by atoms with van der Waals surface area (Å²) in [6, 6.07) is 9.09. The third-order valence-electron chi connectivity index (χ3n) is 5.52. The molecule has 0 unspecified atom stereocenters. The highest BCUT2D eigenvalue weighted by Crippen LogP contribution is 2.30. The number of carbonyl (C=O) groups excluding carboxylic acids is 2. The maximum Gasteiger partial charge on any atom is 0.260 e. The molecule has 0 spiro atoms. The molecule has 3 heterocycles. The first kappa shape index (κ1) is 24.2. The van der Waals surface area contributed by atoms with Gasteiger partial charge in [-0.2, -0.15) is 0 Å². The monoisotopic (exact) mass is 499 g/mol. The third-order valence-corrected chi connectivity index (χ3v) is 7.40. The molecule has 1 aliphatic heterocycles. The van der Waals surface area contributed by atoms with Crippen molar-refractivity contribution in [2.45, 2.75) is 39.7 Å². The van der Waals surface area contributed by atoms with E-state index in [-0.39, 0.29) is 18.4 Å². The number of piperidine rings is 1. The molecule has 0 bridgehead atoms. The van der Waals surface area contributed by atoms with Crippen LogP contribution in [-0.2, 0) is 11.3 Å². The first-order valence-corrected chi connectivity index (χ1v) is 13.2. The lowest BCUT2D eigenvalue weighted by atomic mass is 10.1. The topological polar surface area (TPSA) is 80.8 Å². The Balaban J connectivity index is 1.35. The SMILES string of the molecule is CCOc1cc(C(=O)NCc2ccc(-c3csc(C)n3)s2)ccc1OCC(=O)N1CCCCC1. The number of hydrogen-bond acceptors (Lipinski definition) is 7. The van der Waals surface area contributed by atoms with Gasteiger partial charge < -0.3 is 19.7 Å². The largest absolute Gasteiger partial charge is 0.490 e. The quantitative estimate of drug-likeness (QED) is 0.453. The number of aryl methyl sites for hydroxylation is 1. The van der Waals surface area contributed by atoms with Crippen molar-refractivity contribution in [1.82, 2.24) is 15.2 Å². The number of benzene rings is 1. The van der Waals surface area contributed by atoms with Gasteiger partial charge in [-0.15, -0.1) is 22.7 Å². The van der Waals surface area contributed by atoms with E-state index in [2.05, 4.69) is 10.3 Å². The van der Waals surface area contributed by atoms with Gasteiger partial charge in [0.05, 0.1) is 28.7 Å². The summed E-state index contributed by atoms with van der Waals surface area (Å²) in [7, 11) is 0. The van der Waals surface area contributed by atoms with Crippen LogP contribution in [0.25, 0.3) is 10.6 Å². The molecular formula is C25H29N3O4S2. The highest BCUT2D eigenvalue weighted by atomic mass is 32.1. The molecule has 0 atom stereocenters. The molecule has 1 aromatic carbocycles. The molecule has 4 rings (SSSR count). The second kappa shape index (κ2) is 11.5. The summed E-state index contributed by atoms with van der Waals surface area (Å²) in [6.07, 6.45) is 3.25. The van der Waals surface area contributed by atoms with Crippen LogP contribution in [-0.4, -0.2) is 48.0 Å². The molecule has 0 radical (unpaired) electrons. The minimum Gasteiger partial charge on any atom is -0.490 e. The minimum absolute atomic E-state index is 0.0212. The van der Waals surface area contributed by atoms with Crippen LogP contribution in [0.1, 0.15) is 46.4 Å². The van der Waals surface area contributed by atoms with E-state index in [0.717, 1.165) is 46.4 Å². The van der Waals surface area contributed by atoms with Crippen LogP contribution in [0.3, 0.4) is 0 Å². The Morgan fingerprint density at radius 2 is 1.91 bits per heavy atom. The van der Waals surface area contributed by atoms with Gasteiger partial charge in [-0.25, -0.2) is 4.98 Å². The van der Waals surface area contributed by atoms with Crippen molar-refractivity contribution in [3.63, 3.8) is 0 Å². The second-order valence-electron chi connectivity index (χ2n) is 8.03. The number of hydrogen-bond donors (Lipinski definition) is 1. The summed E-state index contributed by atoms with van der Waals surface area (Å²) in [4.78, 5) is 33.7. The van der Waals surface area contributed by atoms with E-state index in [9.17, 15) is 9.59 Å². The predicted octanol–water partition coefficient (Wildman–Crippen LogP) is 4.90. The van der Waals surface area contributed by atoms with E-state index in [1.165, 1.54) is 6.42 Å². The number of carbonyl (C=O) groups is 2. The number of ether oxygens (including phenoxy) is 2. The zero-order valence-corrected chi connectivity index (χ0v) is 21.1. The molecule has 2 amide bonds. The Labute approximate surface area is 207 Å². The third kappa shape index (κ3) is 6.15. The van der Waals surface area contributed by atoms with Gasteiger partial charge in [0.2, 0.25) is 0 Å². The van der Waals surface area contributed by atoms with Gasteiger partial charge in [0, 0.05) is 28.9 Å². The fraction of sp³-hybridized carbons (Fsp3) is 0.400. The smallest absolute Gasteiger partial charge is 0.260 e. The van der Waals surface area contributed by atoms with Crippen molar-refractivity contribution in [3.05, 3.63) is 51.2 Å². The molecule has 180 valence electrons. The van der Waals surface area contributed by atoms with Gasteiger partial charge in [0.15, 0.2) is 18.1 Å². The van der Waals surface area contributed by atoms with Crippen LogP contribution >= 0.6 is 22.7 Å². The van der Waals surface area contributed by atoms with Crippen molar-refractivity contribution >= 4 is 34.5 Å². The Hall–Kier alpha value is -2.91. The number of likely N-dealkylation sites (tertiary alicyclic amines) is 1. The number of amides is 2. The van der Waals surface area contributed by atoms with E-state index in [4.69, 9.17) is 9.47 Å². The fourth-order valence-electron chi connectivity index (χ4n) is 3.77. The highest BCUT2D eigenvalue weighted by molar-refractivity contribution is 7.16. The van der Waals surface area contributed by atoms with Crippen LogP contribution in [0.2, 0.25) is 0 Å². The van der Waals surface area contributed by atoms with Crippen molar-refractivity contribution in [2.75, 3.05) is 26.3 Å². The van der Waals surface area contributed by atoms with Crippen molar-refractivity contribution in [1.29, 1.82) is 0 Å². The molecule has 0 saturated carbocycles. The summed E-state index contributed by atoms with van der Waals surface area (Å²) in [5.74, 6) is 0.701. The summed E-state index contributed by atoms with van der Waals surface area (Å²) in [5.41, 5.74) is 1.45. The number of thiophene rings is 1. The van der Waals surface area contributed by atoms with Gasteiger partial charge in [-0.05, 0) is 63.4 Å². The lowest BCUT2D eigenvalue weighted by Gasteiger charge is -2.26. The van der Waals surface area contributed by atoms with Gasteiger partial charge >= 0.3 is 0 Å². The van der Waals surface area contributed by atoms with Crippen LogP contribution in [0.4, 0.5) is 0 Å². The number of rotatable bonds is 9. The van der Waals surface area contributed by atoms with Crippen LogP contribution in [0.15, 0.2) is 35.7 Å². The molecule has 2 aromatic heterocycles. The van der Waals surface area contributed by atoms with Crippen molar-refractivity contribution in [3.8, 4) is 22.1 Å². The van der Waals surface area contributed by atoms with E-state index in [1.54, 1.807) is 40.9 Å². The molecule has 1 saturated heterocycles. The maximum absolute atomic E-state index is 12.8. The predicted molar refractivity (Wildman–Crippen MR) is 135 cm³/mol. The average molecular weight is 500 g/mol. The van der Waals surface area contributed by atoms with E-state index in [0.29, 0.717) is 30.2 Å². The van der Waals surface area contributed by atoms with E-state index < -0.39 is 0 Å². The highest BCUT2D eigenvalue weighted by Gasteiger charge is 2.18. The number of nitrogens with one attached hydrogen (secondary N) is 1. The Kier molecular flexibility index (Phi) is 8.18. The molecule has 1 fully saturated rings. The molecule has 3 aromatic rings. The zero-order chi connectivity index (χ0) is 23.9. The van der Waals surface area contributed by atoms with E-state index in [1.807, 2.05) is 36.3 Å². The lowest BCUT2D eigenvalue weighted by molar-refractivity contribution is -0.134. The molecule has 1 N–H and O–H groups in total. The van der Waals surface area contributed by atoms with Crippen molar-refractivity contribution < 1.29 is 19.1 Å². The summed E-state index contributed by atoms with van der Waals surface area (Å²) < 4.78 is 11.5.